The predicted octanol–water partition coefficient (Wildman–Crippen LogP) is 6.39. The zero-order chi connectivity index (χ0) is 16.1. The average molecular weight is 371 g/mol. The monoisotopic (exact) mass is 370 g/mol. The Bertz CT molecular complexity index is 627. The number of ketones is 1. The molecule has 1 saturated carbocycles. The fourth-order valence-corrected chi connectivity index (χ4v) is 4.01. The molecule has 0 aliphatic heterocycles. The Kier molecular flexibility index (Phi) is 5.66. The number of Topliss-reactive ketones (excluding diaryl/α,β-unsaturated/α-hetero) is 1. The summed E-state index contributed by atoms with van der Waals surface area (Å²) in [7, 11) is 0. The second-order valence-electron chi connectivity index (χ2n) is 6.55. The maximum Gasteiger partial charge on any atom is 0.163 e. The van der Waals surface area contributed by atoms with Crippen molar-refractivity contribution >= 4 is 21.7 Å². The highest BCUT2D eigenvalue weighted by molar-refractivity contribution is 9.10. The first-order chi connectivity index (χ1) is 11.2. The number of rotatable bonds is 5. The van der Waals surface area contributed by atoms with Gasteiger partial charge in [-0.15, -0.1) is 0 Å². The van der Waals surface area contributed by atoms with Crippen LogP contribution in [-0.4, -0.2) is 5.78 Å². The molecular weight excluding hydrogens is 348 g/mol. The number of carbonyl (C=O) groups is 1. The van der Waals surface area contributed by atoms with Crippen LogP contribution in [0.4, 0.5) is 0 Å². The Morgan fingerprint density at radius 3 is 2.26 bits per heavy atom. The van der Waals surface area contributed by atoms with Crippen molar-refractivity contribution in [3.63, 3.8) is 0 Å². The van der Waals surface area contributed by atoms with Gasteiger partial charge in [-0.3, -0.25) is 4.79 Å². The lowest BCUT2D eigenvalue weighted by Crippen LogP contribution is -2.19. The molecule has 1 nitrogen and oxygen atoms in total. The molecule has 120 valence electrons. The molecule has 0 radical (unpaired) electrons. The van der Waals surface area contributed by atoms with Crippen LogP contribution in [0.25, 0.3) is 0 Å². The van der Waals surface area contributed by atoms with Crippen molar-refractivity contribution in [1.29, 1.82) is 0 Å². The fraction of sp³-hybridized carbons (Fsp3) is 0.381. The van der Waals surface area contributed by atoms with Crippen LogP contribution in [0.1, 0.15) is 60.4 Å². The van der Waals surface area contributed by atoms with Gasteiger partial charge in [0, 0.05) is 16.5 Å². The topological polar surface area (TPSA) is 17.1 Å². The second-order valence-corrected chi connectivity index (χ2v) is 7.47. The molecule has 1 atom stereocenters. The summed E-state index contributed by atoms with van der Waals surface area (Å²) in [6.07, 6.45) is 7.09. The Morgan fingerprint density at radius 1 is 0.957 bits per heavy atom. The zero-order valence-electron chi connectivity index (χ0n) is 13.4. The number of hydrogen-bond donors (Lipinski definition) is 0. The molecule has 1 aliphatic carbocycles. The molecule has 0 aromatic heterocycles. The maximum absolute atomic E-state index is 12.8. The summed E-state index contributed by atoms with van der Waals surface area (Å²) in [6.45, 7) is 0. The van der Waals surface area contributed by atoms with E-state index < -0.39 is 0 Å². The summed E-state index contributed by atoms with van der Waals surface area (Å²) < 4.78 is 1.01. The van der Waals surface area contributed by atoms with E-state index in [0.29, 0.717) is 18.3 Å². The van der Waals surface area contributed by atoms with Gasteiger partial charge in [-0.25, -0.2) is 0 Å². The van der Waals surface area contributed by atoms with Gasteiger partial charge in [-0.05, 0) is 42.4 Å². The summed E-state index contributed by atoms with van der Waals surface area (Å²) in [6, 6.07) is 18.4. The second kappa shape index (κ2) is 7.92. The van der Waals surface area contributed by atoms with Crippen LogP contribution >= 0.6 is 15.9 Å². The number of hydrogen-bond acceptors (Lipinski definition) is 1. The van der Waals surface area contributed by atoms with Crippen LogP contribution in [0.2, 0.25) is 0 Å². The summed E-state index contributed by atoms with van der Waals surface area (Å²) >= 11 is 3.43. The third-order valence-electron chi connectivity index (χ3n) is 5.02. The first-order valence-electron chi connectivity index (χ1n) is 8.58. The molecule has 2 aromatic carbocycles. The summed E-state index contributed by atoms with van der Waals surface area (Å²) in [5.74, 6) is 1.26. The van der Waals surface area contributed by atoms with Gasteiger partial charge in [0.1, 0.15) is 0 Å². The van der Waals surface area contributed by atoms with Gasteiger partial charge in [0.2, 0.25) is 0 Å². The Balaban J connectivity index is 1.80. The van der Waals surface area contributed by atoms with E-state index in [4.69, 9.17) is 0 Å². The van der Waals surface area contributed by atoms with E-state index >= 15 is 0 Å². The minimum Gasteiger partial charge on any atom is -0.294 e. The number of benzene rings is 2. The largest absolute Gasteiger partial charge is 0.294 e. The van der Waals surface area contributed by atoms with Gasteiger partial charge in [-0.2, -0.15) is 0 Å². The quantitative estimate of drug-likeness (QED) is 0.557. The molecule has 1 fully saturated rings. The van der Waals surface area contributed by atoms with Crippen LogP contribution in [0, 0.1) is 5.92 Å². The molecule has 2 aromatic rings. The average Bonchev–Trinajstić information content (AvgIpc) is 2.61. The van der Waals surface area contributed by atoms with Gasteiger partial charge in [0.05, 0.1) is 0 Å². The minimum atomic E-state index is 0.261. The van der Waals surface area contributed by atoms with E-state index in [9.17, 15) is 4.79 Å². The number of carbonyl (C=O) groups excluding carboxylic acids is 1. The van der Waals surface area contributed by atoms with Crippen molar-refractivity contribution in [1.82, 2.24) is 0 Å². The van der Waals surface area contributed by atoms with Crippen LogP contribution < -0.4 is 0 Å². The van der Waals surface area contributed by atoms with E-state index in [2.05, 4.69) is 46.3 Å². The number of halogens is 1. The molecule has 0 saturated heterocycles. The highest BCUT2D eigenvalue weighted by atomic mass is 79.9. The first-order valence-corrected chi connectivity index (χ1v) is 9.37. The van der Waals surface area contributed by atoms with Gasteiger partial charge in [-0.1, -0.05) is 77.7 Å². The Hall–Kier alpha value is -1.41. The fourth-order valence-electron chi connectivity index (χ4n) is 3.75. The van der Waals surface area contributed by atoms with Crippen LogP contribution in [-0.2, 0) is 0 Å². The standard InChI is InChI=1S/C21H23BrO/c22-19-13-11-18(12-14-19)21(23)15-20(16-7-3-1-4-8-16)17-9-5-2-6-10-17/h1,3-4,7-8,11-14,17,20H,2,5-6,9-10,15H2/t20-/m1/s1. The van der Waals surface area contributed by atoms with Gasteiger partial charge in [0.15, 0.2) is 5.78 Å². The molecule has 3 rings (SSSR count). The van der Waals surface area contributed by atoms with E-state index in [1.165, 1.54) is 37.7 Å². The summed E-state index contributed by atoms with van der Waals surface area (Å²) in [5, 5.41) is 0. The maximum atomic E-state index is 12.8. The third kappa shape index (κ3) is 4.32. The van der Waals surface area contributed by atoms with E-state index in [1.54, 1.807) is 0 Å². The van der Waals surface area contributed by atoms with Crippen molar-refractivity contribution in [3.8, 4) is 0 Å². The Morgan fingerprint density at radius 2 is 1.61 bits per heavy atom. The molecular formula is C21H23BrO. The van der Waals surface area contributed by atoms with Crippen molar-refractivity contribution in [3.05, 3.63) is 70.2 Å². The highest BCUT2D eigenvalue weighted by Crippen LogP contribution is 2.38. The molecule has 0 heterocycles. The lowest BCUT2D eigenvalue weighted by molar-refractivity contribution is 0.0958. The predicted molar refractivity (Wildman–Crippen MR) is 98.8 cm³/mol. The van der Waals surface area contributed by atoms with Gasteiger partial charge in [0.25, 0.3) is 0 Å². The van der Waals surface area contributed by atoms with Crippen LogP contribution in [0.5, 0.6) is 0 Å². The summed E-state index contributed by atoms with van der Waals surface area (Å²) in [5.41, 5.74) is 2.15. The van der Waals surface area contributed by atoms with Crippen LogP contribution in [0.15, 0.2) is 59.1 Å². The lowest BCUT2D eigenvalue weighted by atomic mass is 9.74. The van der Waals surface area contributed by atoms with E-state index in [0.717, 1.165) is 10.0 Å². The Labute approximate surface area is 147 Å². The molecule has 0 spiro atoms. The minimum absolute atomic E-state index is 0.261. The molecule has 23 heavy (non-hydrogen) atoms. The third-order valence-corrected chi connectivity index (χ3v) is 5.55. The highest BCUT2D eigenvalue weighted by Gasteiger charge is 2.27. The van der Waals surface area contributed by atoms with Gasteiger partial charge < -0.3 is 0 Å². The first kappa shape index (κ1) is 16.4. The van der Waals surface area contributed by atoms with Gasteiger partial charge >= 0.3 is 0 Å². The van der Waals surface area contributed by atoms with Crippen molar-refractivity contribution in [2.24, 2.45) is 5.92 Å². The van der Waals surface area contributed by atoms with E-state index in [-0.39, 0.29) is 5.78 Å². The smallest absolute Gasteiger partial charge is 0.163 e. The normalized spacial score (nSPS) is 16.9. The molecule has 0 amide bonds. The molecule has 1 aliphatic rings. The van der Waals surface area contributed by atoms with E-state index in [1.807, 2.05) is 24.3 Å². The summed E-state index contributed by atoms with van der Waals surface area (Å²) in [4.78, 5) is 12.8. The van der Waals surface area contributed by atoms with Crippen molar-refractivity contribution in [2.75, 3.05) is 0 Å². The zero-order valence-corrected chi connectivity index (χ0v) is 15.0. The molecule has 0 unspecified atom stereocenters. The molecule has 2 heteroatoms. The van der Waals surface area contributed by atoms with Crippen molar-refractivity contribution < 1.29 is 4.79 Å². The SMILES string of the molecule is O=C(C[C@H](c1ccccc1)C1CCCCC1)c1ccc(Br)cc1. The molecule has 0 N–H and O–H groups in total. The van der Waals surface area contributed by atoms with Crippen molar-refractivity contribution in [2.45, 2.75) is 44.4 Å². The lowest BCUT2D eigenvalue weighted by Gasteiger charge is -2.30. The van der Waals surface area contributed by atoms with Crippen LogP contribution in [0.3, 0.4) is 0 Å². The molecule has 0 bridgehead atoms.